The monoisotopic (exact) mass is 265 g/mol. The number of imidazole rings is 1. The maximum atomic E-state index is 11.3. The zero-order valence-electron chi connectivity index (χ0n) is 9.93. The molecule has 1 amide bonds. The van der Waals surface area contributed by atoms with E-state index >= 15 is 0 Å². The molecule has 1 aliphatic carbocycles. The number of fused-ring (bicyclic) bond motifs is 1. The summed E-state index contributed by atoms with van der Waals surface area (Å²) in [6, 6.07) is 0. The SMILES string of the molecule is NNC(=O)c1cn2nc(C3CCCCC3)sc2n1. The van der Waals surface area contributed by atoms with Gasteiger partial charge < -0.3 is 0 Å². The number of nitrogens with one attached hydrogen (secondary N) is 1. The highest BCUT2D eigenvalue weighted by molar-refractivity contribution is 7.16. The van der Waals surface area contributed by atoms with Crippen LogP contribution < -0.4 is 11.3 Å². The fourth-order valence-electron chi connectivity index (χ4n) is 2.41. The van der Waals surface area contributed by atoms with Crippen LogP contribution in [0.1, 0.15) is 53.5 Å². The zero-order valence-corrected chi connectivity index (χ0v) is 10.7. The van der Waals surface area contributed by atoms with Crippen molar-refractivity contribution in [1.82, 2.24) is 20.0 Å². The highest BCUT2D eigenvalue weighted by atomic mass is 32.1. The van der Waals surface area contributed by atoms with E-state index in [1.54, 1.807) is 22.0 Å². The van der Waals surface area contributed by atoms with Crippen LogP contribution in [0.4, 0.5) is 0 Å². The van der Waals surface area contributed by atoms with Crippen LogP contribution in [0.5, 0.6) is 0 Å². The number of hydrogen-bond acceptors (Lipinski definition) is 5. The lowest BCUT2D eigenvalue weighted by Crippen LogP contribution is -2.30. The molecule has 0 radical (unpaired) electrons. The van der Waals surface area contributed by atoms with E-state index in [0.29, 0.717) is 11.6 Å². The Bertz CT molecular complexity index is 538. The van der Waals surface area contributed by atoms with Crippen molar-refractivity contribution >= 4 is 22.2 Å². The van der Waals surface area contributed by atoms with Gasteiger partial charge in [0.05, 0.1) is 6.20 Å². The summed E-state index contributed by atoms with van der Waals surface area (Å²) in [6.07, 6.45) is 7.96. The first-order chi connectivity index (χ1) is 8.78. The van der Waals surface area contributed by atoms with Crippen molar-refractivity contribution in [3.05, 3.63) is 16.9 Å². The minimum atomic E-state index is -0.382. The zero-order chi connectivity index (χ0) is 12.5. The Kier molecular flexibility index (Phi) is 3.00. The standard InChI is InChI=1S/C11H15N5OS/c12-14-9(17)8-6-16-11(13-8)18-10(15-16)7-4-2-1-3-5-7/h6-7H,1-5,12H2,(H,14,17). The lowest BCUT2D eigenvalue weighted by atomic mass is 9.90. The van der Waals surface area contributed by atoms with E-state index in [9.17, 15) is 4.79 Å². The Hall–Kier alpha value is -1.47. The van der Waals surface area contributed by atoms with E-state index in [4.69, 9.17) is 5.84 Å². The number of nitrogens with zero attached hydrogens (tertiary/aromatic N) is 3. The molecule has 0 aromatic carbocycles. The maximum absolute atomic E-state index is 11.3. The number of nitrogens with two attached hydrogens (primary N) is 1. The molecule has 2 heterocycles. The molecular weight excluding hydrogens is 250 g/mol. The average molecular weight is 265 g/mol. The van der Waals surface area contributed by atoms with Crippen molar-refractivity contribution in [3.63, 3.8) is 0 Å². The second kappa shape index (κ2) is 4.66. The van der Waals surface area contributed by atoms with Gasteiger partial charge in [-0.3, -0.25) is 10.2 Å². The minimum Gasteiger partial charge on any atom is -0.289 e. The number of amides is 1. The van der Waals surface area contributed by atoms with Crippen molar-refractivity contribution in [3.8, 4) is 0 Å². The molecule has 0 spiro atoms. The largest absolute Gasteiger partial charge is 0.289 e. The molecule has 6 nitrogen and oxygen atoms in total. The van der Waals surface area contributed by atoms with Gasteiger partial charge in [0.2, 0.25) is 4.96 Å². The molecule has 0 aliphatic heterocycles. The highest BCUT2D eigenvalue weighted by Crippen LogP contribution is 2.34. The van der Waals surface area contributed by atoms with E-state index in [-0.39, 0.29) is 5.91 Å². The summed E-state index contributed by atoms with van der Waals surface area (Å²) in [7, 11) is 0. The molecule has 0 saturated heterocycles. The third kappa shape index (κ3) is 1.99. The predicted molar refractivity (Wildman–Crippen MR) is 68.3 cm³/mol. The van der Waals surface area contributed by atoms with Crippen molar-refractivity contribution in [2.45, 2.75) is 38.0 Å². The fourth-order valence-corrected chi connectivity index (χ4v) is 3.46. The number of nitrogen functional groups attached to an aromatic ring is 1. The normalized spacial score (nSPS) is 17.2. The third-order valence-corrected chi connectivity index (χ3v) is 4.46. The van der Waals surface area contributed by atoms with Gasteiger partial charge in [0.1, 0.15) is 5.01 Å². The van der Waals surface area contributed by atoms with Gasteiger partial charge in [-0.05, 0) is 12.8 Å². The molecule has 0 atom stereocenters. The smallest absolute Gasteiger partial charge is 0.285 e. The number of aromatic nitrogens is 3. The predicted octanol–water partition coefficient (Wildman–Crippen LogP) is 1.44. The minimum absolute atomic E-state index is 0.312. The van der Waals surface area contributed by atoms with Crippen LogP contribution in [0.2, 0.25) is 0 Å². The second-order valence-corrected chi connectivity index (χ2v) is 5.59. The van der Waals surface area contributed by atoms with Gasteiger partial charge in [-0.1, -0.05) is 30.6 Å². The number of hydrogen-bond donors (Lipinski definition) is 2. The Morgan fingerprint density at radius 1 is 1.44 bits per heavy atom. The fraction of sp³-hybridized carbons (Fsp3) is 0.545. The molecule has 18 heavy (non-hydrogen) atoms. The molecule has 96 valence electrons. The van der Waals surface area contributed by atoms with E-state index in [2.05, 4.69) is 15.5 Å². The first kappa shape index (κ1) is 11.6. The molecule has 1 fully saturated rings. The molecule has 0 bridgehead atoms. The van der Waals surface area contributed by atoms with E-state index < -0.39 is 0 Å². The lowest BCUT2D eigenvalue weighted by molar-refractivity contribution is 0.0949. The topological polar surface area (TPSA) is 85.3 Å². The van der Waals surface area contributed by atoms with Crippen LogP contribution in [0.3, 0.4) is 0 Å². The van der Waals surface area contributed by atoms with Crippen molar-refractivity contribution < 1.29 is 4.79 Å². The number of carbonyl (C=O) groups is 1. The van der Waals surface area contributed by atoms with Gasteiger partial charge in [-0.25, -0.2) is 15.3 Å². The van der Waals surface area contributed by atoms with Gasteiger partial charge in [0.15, 0.2) is 5.69 Å². The molecule has 3 N–H and O–H groups in total. The number of rotatable bonds is 2. The van der Waals surface area contributed by atoms with Gasteiger partial charge in [-0.2, -0.15) is 5.10 Å². The average Bonchev–Trinajstić information content (AvgIpc) is 2.97. The summed E-state index contributed by atoms with van der Waals surface area (Å²) in [6.45, 7) is 0. The van der Waals surface area contributed by atoms with E-state index in [1.807, 2.05) is 0 Å². The molecule has 7 heteroatoms. The number of carbonyl (C=O) groups excluding carboxylic acids is 1. The Labute approximate surface area is 108 Å². The van der Waals surface area contributed by atoms with E-state index in [0.717, 1.165) is 9.97 Å². The van der Waals surface area contributed by atoms with Crippen LogP contribution in [-0.4, -0.2) is 20.5 Å². The molecule has 3 rings (SSSR count). The van der Waals surface area contributed by atoms with Crippen LogP contribution in [0, 0.1) is 0 Å². The third-order valence-electron chi connectivity index (χ3n) is 3.38. The summed E-state index contributed by atoms with van der Waals surface area (Å²) < 4.78 is 1.68. The number of hydrazine groups is 1. The van der Waals surface area contributed by atoms with Crippen LogP contribution in [0.25, 0.3) is 4.96 Å². The second-order valence-electron chi connectivity index (χ2n) is 4.60. The summed E-state index contributed by atoms with van der Waals surface area (Å²) in [4.78, 5) is 16.3. The summed E-state index contributed by atoms with van der Waals surface area (Å²) in [5, 5.41) is 5.66. The quantitative estimate of drug-likeness (QED) is 0.489. The van der Waals surface area contributed by atoms with Crippen LogP contribution >= 0.6 is 11.3 Å². The summed E-state index contributed by atoms with van der Waals surface area (Å²) in [5.74, 6) is 5.26. The molecule has 1 saturated carbocycles. The molecule has 2 aromatic heterocycles. The Morgan fingerprint density at radius 2 is 2.22 bits per heavy atom. The van der Waals surface area contributed by atoms with E-state index in [1.165, 1.54) is 32.1 Å². The van der Waals surface area contributed by atoms with Crippen LogP contribution in [-0.2, 0) is 0 Å². The van der Waals surface area contributed by atoms with Crippen molar-refractivity contribution in [2.24, 2.45) is 5.84 Å². The van der Waals surface area contributed by atoms with Crippen molar-refractivity contribution in [2.75, 3.05) is 0 Å². The lowest BCUT2D eigenvalue weighted by Gasteiger charge is -2.18. The Morgan fingerprint density at radius 3 is 2.89 bits per heavy atom. The van der Waals surface area contributed by atoms with Gasteiger partial charge >= 0.3 is 0 Å². The molecule has 0 unspecified atom stereocenters. The molecule has 1 aliphatic rings. The first-order valence-corrected chi connectivity index (χ1v) is 6.96. The maximum Gasteiger partial charge on any atom is 0.285 e. The Balaban J connectivity index is 1.88. The van der Waals surface area contributed by atoms with Crippen LogP contribution in [0.15, 0.2) is 6.20 Å². The van der Waals surface area contributed by atoms with Gasteiger partial charge in [0.25, 0.3) is 5.91 Å². The summed E-state index contributed by atoms with van der Waals surface area (Å²) >= 11 is 1.57. The van der Waals surface area contributed by atoms with Gasteiger partial charge in [-0.15, -0.1) is 0 Å². The molecule has 2 aromatic rings. The first-order valence-electron chi connectivity index (χ1n) is 6.15. The molecular formula is C11H15N5OS. The highest BCUT2D eigenvalue weighted by Gasteiger charge is 2.21. The van der Waals surface area contributed by atoms with Crippen molar-refractivity contribution in [1.29, 1.82) is 0 Å². The summed E-state index contributed by atoms with van der Waals surface area (Å²) in [5.41, 5.74) is 2.38. The van der Waals surface area contributed by atoms with Gasteiger partial charge in [0, 0.05) is 5.92 Å².